The van der Waals surface area contributed by atoms with Gasteiger partial charge in [-0.15, -0.1) is 0 Å². The van der Waals surface area contributed by atoms with E-state index in [9.17, 15) is 0 Å². The summed E-state index contributed by atoms with van der Waals surface area (Å²) in [4.78, 5) is 0. The monoisotopic (exact) mass is 645 g/mol. The van der Waals surface area contributed by atoms with Gasteiger partial charge in [0.15, 0.2) is 0 Å². The molecule has 11 rings (SSSR count). The van der Waals surface area contributed by atoms with Crippen LogP contribution < -0.4 is 0 Å². The van der Waals surface area contributed by atoms with E-state index >= 15 is 0 Å². The number of benzene rings is 10. The molecule has 0 atom stereocenters. The first-order valence-electron chi connectivity index (χ1n) is 17.7. The van der Waals surface area contributed by atoms with Crippen molar-refractivity contribution in [3.63, 3.8) is 0 Å². The van der Waals surface area contributed by atoms with E-state index in [0.717, 1.165) is 0 Å². The molecule has 0 aliphatic carbocycles. The molecule has 0 aliphatic heterocycles. The van der Waals surface area contributed by atoms with Crippen LogP contribution in [-0.4, -0.2) is 4.57 Å². The van der Waals surface area contributed by atoms with Gasteiger partial charge in [-0.25, -0.2) is 0 Å². The zero-order valence-electron chi connectivity index (χ0n) is 27.8. The first-order chi connectivity index (χ1) is 25.3. The topological polar surface area (TPSA) is 4.93 Å². The van der Waals surface area contributed by atoms with Crippen LogP contribution in [0.15, 0.2) is 188 Å². The van der Waals surface area contributed by atoms with E-state index in [1.807, 2.05) is 0 Å². The average molecular weight is 646 g/mol. The van der Waals surface area contributed by atoms with Crippen molar-refractivity contribution >= 4 is 64.8 Å². The lowest BCUT2D eigenvalue weighted by atomic mass is 9.90. The highest BCUT2D eigenvalue weighted by Gasteiger charge is 2.27. The minimum atomic E-state index is 1.19. The second-order valence-corrected chi connectivity index (χ2v) is 13.6. The van der Waals surface area contributed by atoms with Gasteiger partial charge in [0.25, 0.3) is 0 Å². The number of rotatable bonds is 4. The van der Waals surface area contributed by atoms with Gasteiger partial charge in [-0.05, 0) is 66.0 Å². The van der Waals surface area contributed by atoms with Gasteiger partial charge in [0.05, 0.1) is 16.9 Å². The maximum Gasteiger partial charge on any atom is 0.0621 e. The summed E-state index contributed by atoms with van der Waals surface area (Å²) in [6, 6.07) is 69.3. The van der Waals surface area contributed by atoms with Gasteiger partial charge in [-0.3, -0.25) is 0 Å². The van der Waals surface area contributed by atoms with Gasteiger partial charge in [-0.1, -0.05) is 182 Å². The summed E-state index contributed by atoms with van der Waals surface area (Å²) in [5.74, 6) is 0. The van der Waals surface area contributed by atoms with Crippen molar-refractivity contribution in [3.05, 3.63) is 188 Å². The summed E-state index contributed by atoms with van der Waals surface area (Å²) in [6.45, 7) is 0. The summed E-state index contributed by atoms with van der Waals surface area (Å²) in [5.41, 5.74) is 9.80. The molecule has 0 spiro atoms. The van der Waals surface area contributed by atoms with Gasteiger partial charge in [-0.2, -0.15) is 0 Å². The Kier molecular flexibility index (Phi) is 6.02. The molecular weight excluding hydrogens is 615 g/mol. The molecule has 11 aromatic rings. The first kappa shape index (κ1) is 28.2. The minimum absolute atomic E-state index is 1.19. The van der Waals surface area contributed by atoms with E-state index in [2.05, 4.69) is 193 Å². The molecule has 0 N–H and O–H groups in total. The fraction of sp³-hybridized carbons (Fsp3) is 0. The summed E-state index contributed by atoms with van der Waals surface area (Å²) in [6.07, 6.45) is 0. The zero-order chi connectivity index (χ0) is 33.5. The predicted octanol–water partition coefficient (Wildman–Crippen LogP) is 13.8. The molecule has 0 bridgehead atoms. The van der Waals surface area contributed by atoms with Crippen LogP contribution in [-0.2, 0) is 0 Å². The average Bonchev–Trinajstić information content (AvgIpc) is 3.54. The second kappa shape index (κ2) is 10.9. The smallest absolute Gasteiger partial charge is 0.0621 e. The van der Waals surface area contributed by atoms with Crippen LogP contribution in [0.3, 0.4) is 0 Å². The highest BCUT2D eigenvalue weighted by Crippen LogP contribution is 2.51. The molecule has 10 aromatic carbocycles. The Morgan fingerprint density at radius 1 is 0.294 bits per heavy atom. The lowest BCUT2D eigenvalue weighted by Crippen LogP contribution is -2.02. The minimum Gasteiger partial charge on any atom is -0.307 e. The summed E-state index contributed by atoms with van der Waals surface area (Å²) >= 11 is 0. The number of hydrogen-bond donors (Lipinski definition) is 0. The largest absolute Gasteiger partial charge is 0.307 e. The maximum absolute atomic E-state index is 2.62. The number of hydrogen-bond acceptors (Lipinski definition) is 0. The van der Waals surface area contributed by atoms with Crippen molar-refractivity contribution in [3.8, 4) is 39.2 Å². The molecule has 0 aliphatic rings. The first-order valence-corrected chi connectivity index (χ1v) is 17.7. The van der Waals surface area contributed by atoms with Gasteiger partial charge in [0.2, 0.25) is 0 Å². The highest BCUT2D eigenvalue weighted by atomic mass is 15.0. The van der Waals surface area contributed by atoms with Crippen molar-refractivity contribution in [2.45, 2.75) is 0 Å². The van der Waals surface area contributed by atoms with E-state index < -0.39 is 0 Å². The SMILES string of the molecule is c1ccc(-c2c3ccccc3c(-n3c(-c4ccccc4)c(-c4ccccc4)c4cc5ccc6cccc7ccc(c5c67)c43)c3ccccc23)cc1. The Bertz CT molecular complexity index is 3030. The lowest BCUT2D eigenvalue weighted by molar-refractivity contribution is 1.17. The van der Waals surface area contributed by atoms with Crippen molar-refractivity contribution in [1.82, 2.24) is 4.57 Å². The third-order valence-corrected chi connectivity index (χ3v) is 10.9. The number of aromatic nitrogens is 1. The summed E-state index contributed by atoms with van der Waals surface area (Å²) in [5, 5.41) is 14.0. The van der Waals surface area contributed by atoms with Gasteiger partial charge in [0, 0.05) is 27.1 Å². The van der Waals surface area contributed by atoms with E-state index in [4.69, 9.17) is 0 Å². The molecule has 0 fully saturated rings. The normalized spacial score (nSPS) is 11.9. The molecule has 0 saturated heterocycles. The highest BCUT2D eigenvalue weighted by molar-refractivity contribution is 6.31. The standard InChI is InChI=1S/C50H31N/c1-4-15-32(16-5-1)45-38-23-10-12-25-40(38)49(41-26-13-11-24-39(41)45)51-48(36-19-8-3-9-20-36)47(33-17-6-2-7-18-33)43-31-37-28-27-34-21-14-22-35-29-30-42(50(43)51)46(37)44(34)35/h1-31H. The Balaban J connectivity index is 1.44. The van der Waals surface area contributed by atoms with Crippen molar-refractivity contribution in [2.24, 2.45) is 0 Å². The van der Waals surface area contributed by atoms with E-state index in [1.54, 1.807) is 0 Å². The predicted molar refractivity (Wildman–Crippen MR) is 218 cm³/mol. The molecule has 1 heterocycles. The van der Waals surface area contributed by atoms with Crippen molar-refractivity contribution in [1.29, 1.82) is 0 Å². The van der Waals surface area contributed by atoms with Crippen LogP contribution in [0.25, 0.3) is 104 Å². The molecule has 0 unspecified atom stereocenters. The van der Waals surface area contributed by atoms with Crippen LogP contribution in [0.1, 0.15) is 0 Å². The quantitative estimate of drug-likeness (QED) is 0.133. The molecule has 51 heavy (non-hydrogen) atoms. The lowest BCUT2D eigenvalue weighted by Gasteiger charge is -2.22. The third kappa shape index (κ3) is 4.03. The summed E-state index contributed by atoms with van der Waals surface area (Å²) in [7, 11) is 0. The number of nitrogens with zero attached hydrogens (tertiary/aromatic N) is 1. The van der Waals surface area contributed by atoms with Crippen LogP contribution >= 0.6 is 0 Å². The molecule has 0 saturated carbocycles. The Labute approximate surface area is 295 Å². The van der Waals surface area contributed by atoms with Crippen molar-refractivity contribution < 1.29 is 0 Å². The second-order valence-electron chi connectivity index (χ2n) is 13.6. The zero-order valence-corrected chi connectivity index (χ0v) is 27.8. The van der Waals surface area contributed by atoms with Crippen LogP contribution in [0, 0.1) is 0 Å². The summed E-state index contributed by atoms with van der Waals surface area (Å²) < 4.78 is 2.62. The van der Waals surface area contributed by atoms with Gasteiger partial charge in [0.1, 0.15) is 0 Å². The molecule has 1 heteroatoms. The van der Waals surface area contributed by atoms with Crippen LogP contribution in [0.5, 0.6) is 0 Å². The molecule has 236 valence electrons. The Morgan fingerprint density at radius 2 is 0.784 bits per heavy atom. The van der Waals surface area contributed by atoms with Crippen molar-refractivity contribution in [2.75, 3.05) is 0 Å². The van der Waals surface area contributed by atoms with E-state index in [0.29, 0.717) is 0 Å². The third-order valence-electron chi connectivity index (χ3n) is 10.9. The van der Waals surface area contributed by atoms with Gasteiger partial charge < -0.3 is 4.57 Å². The van der Waals surface area contributed by atoms with Gasteiger partial charge >= 0.3 is 0 Å². The van der Waals surface area contributed by atoms with E-state index in [-0.39, 0.29) is 0 Å². The molecular formula is C50H31N. The molecule has 1 aromatic heterocycles. The fourth-order valence-corrected chi connectivity index (χ4v) is 8.83. The number of fused-ring (bicyclic) bond motifs is 4. The molecule has 1 nitrogen and oxygen atoms in total. The van der Waals surface area contributed by atoms with E-state index in [1.165, 1.54) is 104 Å². The fourth-order valence-electron chi connectivity index (χ4n) is 8.83. The maximum atomic E-state index is 2.62. The Morgan fingerprint density at radius 3 is 1.39 bits per heavy atom. The van der Waals surface area contributed by atoms with Crippen LogP contribution in [0.2, 0.25) is 0 Å². The molecule has 0 radical (unpaired) electrons. The molecule has 0 amide bonds. The van der Waals surface area contributed by atoms with Crippen LogP contribution in [0.4, 0.5) is 0 Å². The Hall–Kier alpha value is -6.70.